The molecule has 0 spiro atoms. The summed E-state index contributed by atoms with van der Waals surface area (Å²) in [5, 5.41) is 0. The first kappa shape index (κ1) is 14.9. The van der Waals surface area contributed by atoms with Crippen molar-refractivity contribution >= 4 is 0 Å². The lowest BCUT2D eigenvalue weighted by Crippen LogP contribution is -2.01. The van der Waals surface area contributed by atoms with Crippen LogP contribution < -0.4 is 0 Å². The van der Waals surface area contributed by atoms with Crippen molar-refractivity contribution in [1.82, 2.24) is 19.9 Å². The van der Waals surface area contributed by atoms with Crippen molar-refractivity contribution in [2.75, 3.05) is 0 Å². The molecule has 2 aromatic carbocycles. The van der Waals surface area contributed by atoms with Crippen molar-refractivity contribution in [2.45, 2.75) is 12.8 Å². The molecule has 26 heavy (non-hydrogen) atoms. The number of aromatic nitrogens is 4. The predicted octanol–water partition coefficient (Wildman–Crippen LogP) is 4.10. The van der Waals surface area contributed by atoms with Crippen LogP contribution in [0.2, 0.25) is 0 Å². The van der Waals surface area contributed by atoms with Crippen molar-refractivity contribution in [3.05, 3.63) is 95.7 Å². The Hall–Kier alpha value is -3.40. The molecule has 0 saturated heterocycles. The van der Waals surface area contributed by atoms with E-state index >= 15 is 0 Å². The molecule has 0 fully saturated rings. The van der Waals surface area contributed by atoms with Crippen LogP contribution in [-0.2, 0) is 12.8 Å². The summed E-state index contributed by atoms with van der Waals surface area (Å²) in [5.41, 5.74) is 7.36. The molecular weight excluding hydrogens is 320 g/mol. The van der Waals surface area contributed by atoms with E-state index in [0.717, 1.165) is 40.5 Å². The van der Waals surface area contributed by atoms with Crippen LogP contribution in [0.1, 0.15) is 22.5 Å². The molecule has 0 saturated carbocycles. The van der Waals surface area contributed by atoms with Crippen molar-refractivity contribution in [3.63, 3.8) is 0 Å². The Morgan fingerprint density at radius 2 is 1.50 bits per heavy atom. The van der Waals surface area contributed by atoms with Gasteiger partial charge in [0.2, 0.25) is 0 Å². The standard InChI is InChI=1S/C22H16N4/c1-3-15-9-16-4-2-6-18(11-16)22-24-8-7-19(26-22)12-20-13-23-14-21(25-20)17(5-1)10-15/h1-8,10-11,13-14H,9,12H2. The number of nitrogens with zero attached hydrogens (tertiary/aromatic N) is 4. The van der Waals surface area contributed by atoms with Gasteiger partial charge in [0, 0.05) is 29.9 Å². The lowest BCUT2D eigenvalue weighted by molar-refractivity contribution is 0.973. The van der Waals surface area contributed by atoms with E-state index in [1.807, 2.05) is 24.7 Å². The Labute approximate surface area is 151 Å². The highest BCUT2D eigenvalue weighted by Crippen LogP contribution is 2.23. The molecule has 3 heterocycles. The lowest BCUT2D eigenvalue weighted by Gasteiger charge is -2.10. The van der Waals surface area contributed by atoms with Gasteiger partial charge in [-0.15, -0.1) is 0 Å². The summed E-state index contributed by atoms with van der Waals surface area (Å²) in [7, 11) is 0. The largest absolute Gasteiger partial charge is 0.261 e. The van der Waals surface area contributed by atoms with E-state index in [9.17, 15) is 0 Å². The second kappa shape index (κ2) is 6.15. The first-order valence-corrected chi connectivity index (χ1v) is 8.65. The average molecular weight is 336 g/mol. The van der Waals surface area contributed by atoms with Gasteiger partial charge in [-0.3, -0.25) is 4.98 Å². The Morgan fingerprint density at radius 1 is 0.692 bits per heavy atom. The number of hydrogen-bond acceptors (Lipinski definition) is 4. The van der Waals surface area contributed by atoms with Gasteiger partial charge in [0.25, 0.3) is 0 Å². The molecular formula is C22H16N4. The van der Waals surface area contributed by atoms with Gasteiger partial charge in [-0.1, -0.05) is 36.4 Å². The van der Waals surface area contributed by atoms with Gasteiger partial charge < -0.3 is 0 Å². The molecule has 0 atom stereocenters. The summed E-state index contributed by atoms with van der Waals surface area (Å²) in [6, 6.07) is 18.9. The van der Waals surface area contributed by atoms with Crippen molar-refractivity contribution in [1.29, 1.82) is 0 Å². The van der Waals surface area contributed by atoms with Crippen LogP contribution in [0.4, 0.5) is 0 Å². The van der Waals surface area contributed by atoms with Crippen LogP contribution in [0, 0.1) is 0 Å². The second-order valence-corrected chi connectivity index (χ2v) is 6.52. The number of rotatable bonds is 0. The minimum atomic E-state index is 0.635. The molecule has 2 aromatic heterocycles. The third-order valence-electron chi connectivity index (χ3n) is 4.58. The summed E-state index contributed by atoms with van der Waals surface area (Å²) < 4.78 is 0. The number of hydrogen-bond donors (Lipinski definition) is 0. The number of benzene rings is 2. The van der Waals surface area contributed by atoms with E-state index in [-0.39, 0.29) is 0 Å². The van der Waals surface area contributed by atoms with Gasteiger partial charge >= 0.3 is 0 Å². The highest BCUT2D eigenvalue weighted by molar-refractivity contribution is 5.60. The van der Waals surface area contributed by atoms with Crippen LogP contribution in [0.5, 0.6) is 0 Å². The summed E-state index contributed by atoms with van der Waals surface area (Å²) >= 11 is 0. The zero-order valence-electron chi connectivity index (χ0n) is 14.1. The quantitative estimate of drug-likeness (QED) is 0.427. The third-order valence-corrected chi connectivity index (χ3v) is 4.58. The highest BCUT2D eigenvalue weighted by Gasteiger charge is 2.09. The molecule has 4 heteroatoms. The topological polar surface area (TPSA) is 51.6 Å². The Kier molecular flexibility index (Phi) is 3.53. The predicted molar refractivity (Wildman–Crippen MR) is 101 cm³/mol. The van der Waals surface area contributed by atoms with Gasteiger partial charge in [0.05, 0.1) is 23.3 Å². The molecule has 0 unspecified atom stereocenters. The molecule has 0 N–H and O–H groups in total. The molecule has 1 aliphatic heterocycles. The molecule has 5 rings (SSSR count). The molecule has 4 aromatic rings. The van der Waals surface area contributed by atoms with Crippen LogP contribution in [0.15, 0.2) is 73.2 Å². The zero-order valence-corrected chi connectivity index (χ0v) is 14.1. The molecule has 0 aliphatic carbocycles. The maximum atomic E-state index is 4.79. The van der Waals surface area contributed by atoms with E-state index in [1.54, 1.807) is 0 Å². The fourth-order valence-electron chi connectivity index (χ4n) is 3.35. The Morgan fingerprint density at radius 3 is 2.38 bits per heavy atom. The summed E-state index contributed by atoms with van der Waals surface area (Å²) in [5.74, 6) is 0.749. The lowest BCUT2D eigenvalue weighted by atomic mass is 10.00. The third kappa shape index (κ3) is 2.86. The maximum Gasteiger partial charge on any atom is 0.159 e. The first-order valence-electron chi connectivity index (χ1n) is 8.65. The summed E-state index contributed by atoms with van der Waals surface area (Å²) in [6.45, 7) is 0. The van der Waals surface area contributed by atoms with E-state index < -0.39 is 0 Å². The van der Waals surface area contributed by atoms with Gasteiger partial charge in [0.1, 0.15) is 0 Å². The van der Waals surface area contributed by atoms with E-state index in [0.29, 0.717) is 6.42 Å². The minimum absolute atomic E-state index is 0.635. The maximum absolute atomic E-state index is 4.79. The Balaban J connectivity index is 1.73. The van der Waals surface area contributed by atoms with Crippen molar-refractivity contribution < 1.29 is 0 Å². The Bertz CT molecular complexity index is 928. The van der Waals surface area contributed by atoms with E-state index in [2.05, 4.69) is 58.5 Å². The van der Waals surface area contributed by atoms with E-state index in [4.69, 9.17) is 9.97 Å². The minimum Gasteiger partial charge on any atom is -0.261 e. The highest BCUT2D eigenvalue weighted by atomic mass is 14.9. The smallest absolute Gasteiger partial charge is 0.159 e. The monoisotopic (exact) mass is 336 g/mol. The van der Waals surface area contributed by atoms with Crippen LogP contribution in [0.25, 0.3) is 22.6 Å². The van der Waals surface area contributed by atoms with Crippen LogP contribution >= 0.6 is 0 Å². The molecule has 4 nitrogen and oxygen atoms in total. The summed E-state index contributed by atoms with van der Waals surface area (Å²) in [6.07, 6.45) is 6.93. The van der Waals surface area contributed by atoms with Gasteiger partial charge in [-0.05, 0) is 35.7 Å². The van der Waals surface area contributed by atoms with Gasteiger partial charge in [0.15, 0.2) is 5.82 Å². The van der Waals surface area contributed by atoms with Crippen molar-refractivity contribution in [3.8, 4) is 22.6 Å². The zero-order chi connectivity index (χ0) is 17.3. The number of fused-ring (bicyclic) bond motifs is 10. The molecule has 1 aliphatic rings. The first-order chi connectivity index (χ1) is 12.8. The van der Waals surface area contributed by atoms with Crippen LogP contribution in [0.3, 0.4) is 0 Å². The fraction of sp³-hybridized carbons (Fsp3) is 0.0909. The molecule has 0 radical (unpaired) electrons. The molecule has 0 amide bonds. The van der Waals surface area contributed by atoms with Crippen molar-refractivity contribution in [2.24, 2.45) is 0 Å². The van der Waals surface area contributed by atoms with Gasteiger partial charge in [-0.2, -0.15) is 0 Å². The SMILES string of the molecule is c1cc2cc(c1)-c1cncc(n1)Cc1ccnc(n1)-c1cccc(c1)C2. The van der Waals surface area contributed by atoms with Crippen LogP contribution in [-0.4, -0.2) is 19.9 Å². The second-order valence-electron chi connectivity index (χ2n) is 6.52. The average Bonchev–Trinajstić information content (AvgIpc) is 2.68. The summed E-state index contributed by atoms with van der Waals surface area (Å²) in [4.78, 5) is 18.4. The molecule has 8 bridgehead atoms. The molecule has 124 valence electrons. The van der Waals surface area contributed by atoms with Gasteiger partial charge in [-0.25, -0.2) is 15.0 Å². The normalized spacial score (nSPS) is 12.3. The van der Waals surface area contributed by atoms with E-state index in [1.165, 1.54) is 11.1 Å². The fourth-order valence-corrected chi connectivity index (χ4v) is 3.35.